The molecule has 0 aromatic carbocycles. The lowest BCUT2D eigenvalue weighted by Gasteiger charge is -1.94. The van der Waals surface area contributed by atoms with Gasteiger partial charge in [0.1, 0.15) is 18.0 Å². The van der Waals surface area contributed by atoms with E-state index in [0.717, 1.165) is 0 Å². The molecular formula is C2H4N2O2S. The maximum atomic E-state index is 10.2. The topological polar surface area (TPSA) is 67.7 Å². The van der Waals surface area contributed by atoms with E-state index in [1.165, 1.54) is 0 Å². The molecule has 5 heteroatoms. The van der Waals surface area contributed by atoms with E-state index in [-0.39, 0.29) is 11.9 Å². The first kappa shape index (κ1) is 4.89. The summed E-state index contributed by atoms with van der Waals surface area (Å²) in [6, 6.07) is 0. The van der Waals surface area contributed by atoms with Gasteiger partial charge >= 0.3 is 5.23 Å². The van der Waals surface area contributed by atoms with E-state index in [9.17, 15) is 4.55 Å². The Bertz CT molecular complexity index is 104. The maximum Gasteiger partial charge on any atom is 0.426 e. The Morgan fingerprint density at radius 1 is 2.00 bits per heavy atom. The average molecular weight is 120 g/mol. The molecule has 1 rings (SSSR count). The van der Waals surface area contributed by atoms with Crippen molar-refractivity contribution in [1.82, 2.24) is 4.72 Å². The molecule has 0 aliphatic carbocycles. The van der Waals surface area contributed by atoms with Gasteiger partial charge in [-0.05, 0) is 0 Å². The van der Waals surface area contributed by atoms with Crippen molar-refractivity contribution in [3.8, 4) is 0 Å². The SMILES string of the molecule is [O-][S+]1NCN=C1O. The molecule has 40 valence electrons. The summed E-state index contributed by atoms with van der Waals surface area (Å²) in [7, 11) is 0. The van der Waals surface area contributed by atoms with Crippen LogP contribution in [0.1, 0.15) is 0 Å². The van der Waals surface area contributed by atoms with Crippen LogP contribution in [0.4, 0.5) is 0 Å². The number of nitrogens with one attached hydrogen (secondary N) is 1. The second-order valence-electron chi connectivity index (χ2n) is 1.01. The summed E-state index contributed by atoms with van der Waals surface area (Å²) in [4.78, 5) is 3.38. The van der Waals surface area contributed by atoms with Crippen molar-refractivity contribution in [2.75, 3.05) is 6.67 Å². The average Bonchev–Trinajstić information content (AvgIpc) is 1.91. The number of rotatable bonds is 0. The third-order valence-corrected chi connectivity index (χ3v) is 1.43. The normalized spacial score (nSPS) is 30.4. The lowest BCUT2D eigenvalue weighted by atomic mass is 11.2. The Labute approximate surface area is 43.6 Å². The van der Waals surface area contributed by atoms with Gasteiger partial charge in [-0.2, -0.15) is 4.99 Å². The van der Waals surface area contributed by atoms with Crippen LogP contribution in [0.2, 0.25) is 0 Å². The monoisotopic (exact) mass is 120 g/mol. The standard InChI is InChI=1S/C2H4N2O2S/c5-2-3-1-4-7(2)6/h4H,1H2,(H,3,5). The van der Waals surface area contributed by atoms with E-state index < -0.39 is 11.4 Å². The van der Waals surface area contributed by atoms with Crippen molar-refractivity contribution in [2.45, 2.75) is 0 Å². The zero-order valence-electron chi connectivity index (χ0n) is 3.42. The summed E-state index contributed by atoms with van der Waals surface area (Å²) >= 11 is -1.41. The summed E-state index contributed by atoms with van der Waals surface area (Å²) in [5.74, 6) is 0. The predicted octanol–water partition coefficient (Wildman–Crippen LogP) is -0.875. The molecule has 0 spiro atoms. The fourth-order valence-electron chi connectivity index (χ4n) is 0.282. The molecule has 2 N–H and O–H groups in total. The van der Waals surface area contributed by atoms with Crippen LogP contribution in [-0.2, 0) is 11.4 Å². The number of hydrogen-bond donors (Lipinski definition) is 2. The highest BCUT2D eigenvalue weighted by Gasteiger charge is 2.20. The molecule has 7 heavy (non-hydrogen) atoms. The molecular weight excluding hydrogens is 116 g/mol. The van der Waals surface area contributed by atoms with Crippen LogP contribution in [0.5, 0.6) is 0 Å². The second-order valence-corrected chi connectivity index (χ2v) is 2.20. The molecule has 1 aliphatic rings. The van der Waals surface area contributed by atoms with Crippen LogP contribution in [0.15, 0.2) is 4.99 Å². The molecule has 1 unspecified atom stereocenters. The highest BCUT2D eigenvalue weighted by atomic mass is 32.2. The van der Waals surface area contributed by atoms with Gasteiger partial charge in [0.25, 0.3) is 0 Å². The smallest absolute Gasteiger partial charge is 0.426 e. The van der Waals surface area contributed by atoms with Crippen LogP contribution >= 0.6 is 0 Å². The Morgan fingerprint density at radius 3 is 2.86 bits per heavy atom. The Kier molecular flexibility index (Phi) is 1.18. The molecule has 1 aliphatic heterocycles. The highest BCUT2D eigenvalue weighted by molar-refractivity contribution is 8.04. The van der Waals surface area contributed by atoms with E-state index in [1.807, 2.05) is 0 Å². The lowest BCUT2D eigenvalue weighted by Crippen LogP contribution is -2.22. The van der Waals surface area contributed by atoms with Gasteiger partial charge in [-0.1, -0.05) is 0 Å². The van der Waals surface area contributed by atoms with Crippen LogP contribution < -0.4 is 4.72 Å². The van der Waals surface area contributed by atoms with Crippen LogP contribution in [0.3, 0.4) is 0 Å². The first-order chi connectivity index (χ1) is 3.30. The number of aliphatic hydroxyl groups is 1. The van der Waals surface area contributed by atoms with Gasteiger partial charge in [0.05, 0.1) is 0 Å². The van der Waals surface area contributed by atoms with Crippen molar-refractivity contribution in [3.05, 3.63) is 0 Å². The molecule has 0 amide bonds. The molecule has 0 radical (unpaired) electrons. The molecule has 1 atom stereocenters. The Morgan fingerprint density at radius 2 is 2.71 bits per heavy atom. The van der Waals surface area contributed by atoms with Gasteiger partial charge < -0.3 is 9.66 Å². The number of aliphatic hydroxyl groups excluding tert-OH is 1. The van der Waals surface area contributed by atoms with Gasteiger partial charge in [0.15, 0.2) is 0 Å². The first-order valence-electron chi connectivity index (χ1n) is 1.69. The highest BCUT2D eigenvalue weighted by Crippen LogP contribution is 1.92. The molecule has 1 heterocycles. The third-order valence-electron chi connectivity index (χ3n) is 0.576. The van der Waals surface area contributed by atoms with Crippen molar-refractivity contribution < 1.29 is 9.66 Å². The van der Waals surface area contributed by atoms with Gasteiger partial charge in [0.2, 0.25) is 0 Å². The van der Waals surface area contributed by atoms with Crippen molar-refractivity contribution in [2.24, 2.45) is 4.99 Å². The second kappa shape index (κ2) is 1.69. The fraction of sp³-hybridized carbons (Fsp3) is 0.500. The van der Waals surface area contributed by atoms with Crippen molar-refractivity contribution in [3.63, 3.8) is 0 Å². The predicted molar refractivity (Wildman–Crippen MR) is 26.2 cm³/mol. The number of aliphatic imine (C=N–C) groups is 1. The van der Waals surface area contributed by atoms with E-state index in [4.69, 9.17) is 5.11 Å². The van der Waals surface area contributed by atoms with E-state index in [2.05, 4.69) is 9.71 Å². The van der Waals surface area contributed by atoms with Gasteiger partial charge in [-0.3, -0.25) is 0 Å². The Balaban J connectivity index is 2.54. The summed E-state index contributed by atoms with van der Waals surface area (Å²) in [5.41, 5.74) is 0. The first-order valence-corrected chi connectivity index (χ1v) is 2.84. The molecule has 0 saturated carbocycles. The summed E-state index contributed by atoms with van der Waals surface area (Å²) in [5, 5.41) is 8.08. The van der Waals surface area contributed by atoms with Crippen LogP contribution in [0.25, 0.3) is 0 Å². The Hall–Kier alpha value is -0.260. The molecule has 0 saturated heterocycles. The quantitative estimate of drug-likeness (QED) is 0.408. The lowest BCUT2D eigenvalue weighted by molar-refractivity contribution is 0.549. The molecule has 0 aromatic heterocycles. The third kappa shape index (κ3) is 0.846. The van der Waals surface area contributed by atoms with Gasteiger partial charge in [-0.15, -0.1) is 4.72 Å². The maximum absolute atomic E-state index is 10.2. The molecule has 4 nitrogen and oxygen atoms in total. The van der Waals surface area contributed by atoms with Gasteiger partial charge in [-0.25, -0.2) is 0 Å². The minimum Gasteiger partial charge on any atom is -0.589 e. The summed E-state index contributed by atoms with van der Waals surface area (Å²) in [6.45, 7) is 0.262. The summed E-state index contributed by atoms with van der Waals surface area (Å²) < 4.78 is 12.6. The largest absolute Gasteiger partial charge is 0.589 e. The van der Waals surface area contributed by atoms with Crippen LogP contribution in [0, 0.1) is 0 Å². The van der Waals surface area contributed by atoms with Crippen LogP contribution in [-0.4, -0.2) is 21.6 Å². The zero-order chi connectivity index (χ0) is 5.28. The zero-order valence-corrected chi connectivity index (χ0v) is 4.23. The molecule has 0 aromatic rings. The van der Waals surface area contributed by atoms with E-state index >= 15 is 0 Å². The van der Waals surface area contributed by atoms with Gasteiger partial charge in [0, 0.05) is 0 Å². The number of nitrogens with zero attached hydrogens (tertiary/aromatic N) is 1. The summed E-state index contributed by atoms with van der Waals surface area (Å²) in [6.07, 6.45) is 0. The molecule has 0 bridgehead atoms. The number of hydrogen-bond acceptors (Lipinski definition) is 3. The van der Waals surface area contributed by atoms with Crippen molar-refractivity contribution in [1.29, 1.82) is 0 Å². The van der Waals surface area contributed by atoms with E-state index in [0.29, 0.717) is 0 Å². The molecule has 0 fully saturated rings. The van der Waals surface area contributed by atoms with Crippen molar-refractivity contribution >= 4 is 16.6 Å². The minimum atomic E-state index is -1.41. The minimum absolute atomic E-state index is 0.262. The fourth-order valence-corrected chi connectivity index (χ4v) is 0.774. The van der Waals surface area contributed by atoms with E-state index in [1.54, 1.807) is 0 Å².